The second-order valence-corrected chi connectivity index (χ2v) is 5.87. The number of carbonyl (C=O) groups is 1. The Balaban J connectivity index is 1.63. The summed E-state index contributed by atoms with van der Waals surface area (Å²) in [6, 6.07) is 8.24. The normalized spacial score (nSPS) is 21.2. The predicted octanol–water partition coefficient (Wildman–Crippen LogP) is 2.40. The van der Waals surface area contributed by atoms with Crippen LogP contribution in [0, 0.1) is 12.8 Å². The third kappa shape index (κ3) is 5.05. The van der Waals surface area contributed by atoms with Gasteiger partial charge in [0.1, 0.15) is 5.75 Å². The number of amides is 1. The van der Waals surface area contributed by atoms with Crippen molar-refractivity contribution in [3.8, 4) is 5.75 Å². The van der Waals surface area contributed by atoms with E-state index >= 15 is 0 Å². The summed E-state index contributed by atoms with van der Waals surface area (Å²) in [5.41, 5.74) is 6.91. The molecule has 1 fully saturated rings. The van der Waals surface area contributed by atoms with E-state index in [1.54, 1.807) is 0 Å². The molecule has 4 nitrogen and oxygen atoms in total. The summed E-state index contributed by atoms with van der Waals surface area (Å²) in [5, 5.41) is 3.11. The van der Waals surface area contributed by atoms with Crippen molar-refractivity contribution in [3.05, 3.63) is 29.8 Å². The molecule has 0 spiro atoms. The van der Waals surface area contributed by atoms with Gasteiger partial charge in [-0.25, -0.2) is 0 Å². The Morgan fingerprint density at radius 1 is 1.43 bits per heavy atom. The van der Waals surface area contributed by atoms with Gasteiger partial charge in [-0.1, -0.05) is 18.6 Å². The van der Waals surface area contributed by atoms with Crippen molar-refractivity contribution >= 4 is 5.91 Å². The van der Waals surface area contributed by atoms with Crippen LogP contribution in [0.1, 0.15) is 37.7 Å². The molecule has 1 aromatic rings. The lowest BCUT2D eigenvalue weighted by atomic mass is 10.0. The number of nitrogens with one attached hydrogen (secondary N) is 1. The van der Waals surface area contributed by atoms with Gasteiger partial charge in [0.05, 0.1) is 6.61 Å². The average molecular weight is 290 g/mol. The van der Waals surface area contributed by atoms with Gasteiger partial charge < -0.3 is 15.8 Å². The highest BCUT2D eigenvalue weighted by molar-refractivity contribution is 5.76. The maximum absolute atomic E-state index is 11.9. The molecule has 0 saturated heterocycles. The molecule has 0 aromatic heterocycles. The van der Waals surface area contributed by atoms with Gasteiger partial charge in [0.25, 0.3) is 0 Å². The maximum atomic E-state index is 11.9. The van der Waals surface area contributed by atoms with E-state index in [4.69, 9.17) is 10.5 Å². The van der Waals surface area contributed by atoms with Crippen molar-refractivity contribution in [2.24, 2.45) is 11.7 Å². The van der Waals surface area contributed by atoms with E-state index in [1.807, 2.05) is 31.2 Å². The molecule has 4 heteroatoms. The quantitative estimate of drug-likeness (QED) is 0.758. The Kier molecular flexibility index (Phi) is 6.05. The van der Waals surface area contributed by atoms with Gasteiger partial charge in [-0.2, -0.15) is 0 Å². The van der Waals surface area contributed by atoms with E-state index in [1.165, 1.54) is 12.0 Å². The second kappa shape index (κ2) is 8.03. The molecular formula is C17H26N2O2. The molecule has 1 saturated carbocycles. The summed E-state index contributed by atoms with van der Waals surface area (Å²) in [5.74, 6) is 1.44. The van der Waals surface area contributed by atoms with Crippen molar-refractivity contribution < 1.29 is 9.53 Å². The Morgan fingerprint density at radius 3 is 3.05 bits per heavy atom. The number of hydrogen-bond donors (Lipinski definition) is 2. The first-order valence-corrected chi connectivity index (χ1v) is 7.88. The summed E-state index contributed by atoms with van der Waals surface area (Å²) in [7, 11) is 0. The fourth-order valence-electron chi connectivity index (χ4n) is 2.92. The molecule has 0 bridgehead atoms. The molecule has 0 radical (unpaired) electrons. The zero-order valence-corrected chi connectivity index (χ0v) is 12.8. The van der Waals surface area contributed by atoms with Crippen LogP contribution in [0.25, 0.3) is 0 Å². The zero-order chi connectivity index (χ0) is 15.1. The average Bonchev–Trinajstić information content (AvgIpc) is 2.91. The largest absolute Gasteiger partial charge is 0.494 e. The van der Waals surface area contributed by atoms with Gasteiger partial charge in [-0.05, 0) is 56.3 Å². The van der Waals surface area contributed by atoms with Gasteiger partial charge in [0, 0.05) is 12.5 Å². The van der Waals surface area contributed by atoms with Gasteiger partial charge >= 0.3 is 0 Å². The van der Waals surface area contributed by atoms with Crippen LogP contribution in [-0.2, 0) is 4.79 Å². The van der Waals surface area contributed by atoms with Crippen molar-refractivity contribution in [2.75, 3.05) is 13.2 Å². The standard InChI is InChI=1S/C17H26N2O2/c1-13-5-2-7-15(11-13)21-10-4-9-17(20)19-16-8-3-6-14(16)12-18/h2,5,7,11,14,16H,3-4,6,8-10,12,18H2,1H3,(H,19,20). The minimum Gasteiger partial charge on any atom is -0.494 e. The Hall–Kier alpha value is -1.55. The fourth-order valence-corrected chi connectivity index (χ4v) is 2.92. The van der Waals surface area contributed by atoms with E-state index in [9.17, 15) is 4.79 Å². The van der Waals surface area contributed by atoms with E-state index in [0.29, 0.717) is 25.5 Å². The van der Waals surface area contributed by atoms with Crippen LogP contribution < -0.4 is 15.8 Å². The molecule has 1 aromatic carbocycles. The zero-order valence-electron chi connectivity index (χ0n) is 12.8. The first kappa shape index (κ1) is 15.8. The molecule has 2 atom stereocenters. The molecule has 21 heavy (non-hydrogen) atoms. The topological polar surface area (TPSA) is 64.3 Å². The first-order valence-electron chi connectivity index (χ1n) is 7.88. The van der Waals surface area contributed by atoms with E-state index in [0.717, 1.165) is 25.0 Å². The van der Waals surface area contributed by atoms with E-state index in [-0.39, 0.29) is 11.9 Å². The van der Waals surface area contributed by atoms with Crippen LogP contribution in [0.3, 0.4) is 0 Å². The second-order valence-electron chi connectivity index (χ2n) is 5.87. The van der Waals surface area contributed by atoms with Crippen molar-refractivity contribution in [3.63, 3.8) is 0 Å². The van der Waals surface area contributed by atoms with Crippen LogP contribution in [0.15, 0.2) is 24.3 Å². The molecule has 0 heterocycles. The lowest BCUT2D eigenvalue weighted by molar-refractivity contribution is -0.122. The molecule has 3 N–H and O–H groups in total. The third-order valence-electron chi connectivity index (χ3n) is 4.11. The van der Waals surface area contributed by atoms with Gasteiger partial charge in [0.15, 0.2) is 0 Å². The SMILES string of the molecule is Cc1cccc(OCCCC(=O)NC2CCCC2CN)c1. The number of benzene rings is 1. The molecule has 2 rings (SSSR count). The van der Waals surface area contributed by atoms with Gasteiger partial charge in [-0.15, -0.1) is 0 Å². The molecule has 0 aliphatic heterocycles. The Labute approximate surface area is 127 Å². The van der Waals surface area contributed by atoms with Crippen molar-refractivity contribution in [1.82, 2.24) is 5.32 Å². The minimum atomic E-state index is 0.119. The van der Waals surface area contributed by atoms with E-state index < -0.39 is 0 Å². The third-order valence-corrected chi connectivity index (χ3v) is 4.11. The lowest BCUT2D eigenvalue weighted by Crippen LogP contribution is -2.39. The maximum Gasteiger partial charge on any atom is 0.220 e. The number of carbonyl (C=O) groups excluding carboxylic acids is 1. The lowest BCUT2D eigenvalue weighted by Gasteiger charge is -2.19. The van der Waals surface area contributed by atoms with Gasteiger partial charge in [0.2, 0.25) is 5.91 Å². The van der Waals surface area contributed by atoms with Crippen LogP contribution in [0.4, 0.5) is 0 Å². The Bertz CT molecular complexity index is 462. The summed E-state index contributed by atoms with van der Waals surface area (Å²) < 4.78 is 5.65. The fraction of sp³-hybridized carbons (Fsp3) is 0.588. The molecule has 1 aliphatic rings. The van der Waals surface area contributed by atoms with Crippen molar-refractivity contribution in [1.29, 1.82) is 0 Å². The van der Waals surface area contributed by atoms with Crippen LogP contribution in [0.2, 0.25) is 0 Å². The summed E-state index contributed by atoms with van der Waals surface area (Å²) in [4.78, 5) is 11.9. The number of hydrogen-bond acceptors (Lipinski definition) is 3. The highest BCUT2D eigenvalue weighted by Gasteiger charge is 2.26. The summed E-state index contributed by atoms with van der Waals surface area (Å²) in [6.07, 6.45) is 4.62. The highest BCUT2D eigenvalue weighted by Crippen LogP contribution is 2.24. The molecule has 116 valence electrons. The van der Waals surface area contributed by atoms with Crippen LogP contribution in [0.5, 0.6) is 5.75 Å². The summed E-state index contributed by atoms with van der Waals surface area (Å²) in [6.45, 7) is 3.28. The minimum absolute atomic E-state index is 0.119. The highest BCUT2D eigenvalue weighted by atomic mass is 16.5. The number of nitrogens with two attached hydrogens (primary N) is 1. The predicted molar refractivity (Wildman–Crippen MR) is 84.2 cm³/mol. The van der Waals surface area contributed by atoms with E-state index in [2.05, 4.69) is 5.32 Å². The Morgan fingerprint density at radius 2 is 2.29 bits per heavy atom. The summed E-state index contributed by atoms with van der Waals surface area (Å²) >= 11 is 0. The smallest absolute Gasteiger partial charge is 0.220 e. The molecule has 1 amide bonds. The van der Waals surface area contributed by atoms with Crippen LogP contribution >= 0.6 is 0 Å². The number of ether oxygens (including phenoxy) is 1. The molecule has 1 aliphatic carbocycles. The van der Waals surface area contributed by atoms with Crippen molar-refractivity contribution in [2.45, 2.75) is 45.1 Å². The molecule has 2 unspecified atom stereocenters. The van der Waals surface area contributed by atoms with Crippen LogP contribution in [-0.4, -0.2) is 25.1 Å². The van der Waals surface area contributed by atoms with Gasteiger partial charge in [-0.3, -0.25) is 4.79 Å². The monoisotopic (exact) mass is 290 g/mol. The number of rotatable bonds is 7. The molecular weight excluding hydrogens is 264 g/mol. The first-order chi connectivity index (χ1) is 10.2. The number of aryl methyl sites for hydroxylation is 1.